The molecule has 31 heavy (non-hydrogen) atoms. The van der Waals surface area contributed by atoms with Gasteiger partial charge in [-0.2, -0.15) is 18.4 Å². The fraction of sp³-hybridized carbons (Fsp3) is 0.417. The van der Waals surface area contributed by atoms with Crippen LogP contribution in [-0.2, 0) is 12.6 Å². The van der Waals surface area contributed by atoms with E-state index < -0.39 is 23.2 Å². The lowest BCUT2D eigenvalue weighted by atomic mass is 9.99. The summed E-state index contributed by atoms with van der Waals surface area (Å²) >= 11 is 0. The largest absolute Gasteiger partial charge is 0.493 e. The molecule has 0 spiro atoms. The smallest absolute Gasteiger partial charge is 0.417 e. The van der Waals surface area contributed by atoms with E-state index in [0.29, 0.717) is 24.3 Å². The number of unbranched alkanes of at least 4 members (excludes halogenated alkanes) is 4. The van der Waals surface area contributed by atoms with Gasteiger partial charge in [0, 0.05) is 5.69 Å². The van der Waals surface area contributed by atoms with Crippen LogP contribution in [0.2, 0.25) is 0 Å². The molecule has 0 fully saturated rings. The summed E-state index contributed by atoms with van der Waals surface area (Å²) in [5.74, 6) is -0.138. The quantitative estimate of drug-likeness (QED) is 0.423. The maximum Gasteiger partial charge on any atom is 0.417 e. The van der Waals surface area contributed by atoms with Crippen LogP contribution in [0.25, 0.3) is 0 Å². The Morgan fingerprint density at radius 1 is 1.10 bits per heavy atom. The standard InChI is InChI=1S/C24H27F3N2O2/c1-3-5-6-7-8-10-17-11-9-12-21(31-4-2)22(17)23(30)29-19-14-13-18(16-28)20(15-19)24(25,26)27/h9,11-15H,3-8,10H2,1-2H3,(H,29,30). The summed E-state index contributed by atoms with van der Waals surface area (Å²) in [7, 11) is 0. The number of rotatable bonds is 10. The van der Waals surface area contributed by atoms with Gasteiger partial charge in [0.05, 0.1) is 29.4 Å². The molecule has 0 aliphatic rings. The molecular weight excluding hydrogens is 405 g/mol. The number of ether oxygens (including phenoxy) is 1. The van der Waals surface area contributed by atoms with Gasteiger partial charge in [-0.05, 0) is 49.6 Å². The number of hydrogen-bond donors (Lipinski definition) is 1. The van der Waals surface area contributed by atoms with Gasteiger partial charge in [-0.1, -0.05) is 44.7 Å². The molecule has 0 saturated carbocycles. The van der Waals surface area contributed by atoms with E-state index in [1.54, 1.807) is 13.0 Å². The van der Waals surface area contributed by atoms with Crippen LogP contribution in [0.3, 0.4) is 0 Å². The Labute approximate surface area is 181 Å². The van der Waals surface area contributed by atoms with Crippen molar-refractivity contribution in [1.82, 2.24) is 0 Å². The highest BCUT2D eigenvalue weighted by Gasteiger charge is 2.34. The zero-order valence-corrected chi connectivity index (χ0v) is 17.8. The second kappa shape index (κ2) is 11.4. The number of halogens is 3. The zero-order chi connectivity index (χ0) is 22.9. The van der Waals surface area contributed by atoms with Gasteiger partial charge in [-0.25, -0.2) is 0 Å². The first-order chi connectivity index (χ1) is 14.8. The highest BCUT2D eigenvalue weighted by atomic mass is 19.4. The Balaban J connectivity index is 2.30. The van der Waals surface area contributed by atoms with E-state index in [9.17, 15) is 18.0 Å². The van der Waals surface area contributed by atoms with Crippen molar-refractivity contribution in [3.63, 3.8) is 0 Å². The summed E-state index contributed by atoms with van der Waals surface area (Å²) in [6.45, 7) is 4.30. The number of benzene rings is 2. The summed E-state index contributed by atoms with van der Waals surface area (Å²) in [6, 6.07) is 10.0. The van der Waals surface area contributed by atoms with Gasteiger partial charge in [0.1, 0.15) is 5.75 Å². The van der Waals surface area contributed by atoms with Crippen molar-refractivity contribution in [2.45, 2.75) is 58.5 Å². The minimum absolute atomic E-state index is 0.0310. The van der Waals surface area contributed by atoms with Crippen LogP contribution in [0.5, 0.6) is 5.75 Å². The topological polar surface area (TPSA) is 62.1 Å². The van der Waals surface area contributed by atoms with Crippen molar-refractivity contribution in [1.29, 1.82) is 5.26 Å². The van der Waals surface area contributed by atoms with E-state index >= 15 is 0 Å². The molecule has 166 valence electrons. The number of hydrogen-bond acceptors (Lipinski definition) is 3. The number of nitrogens with zero attached hydrogens (tertiary/aromatic N) is 1. The van der Waals surface area contributed by atoms with Crippen molar-refractivity contribution < 1.29 is 22.7 Å². The predicted octanol–water partition coefficient (Wildman–Crippen LogP) is 6.74. The summed E-state index contributed by atoms with van der Waals surface area (Å²) < 4.78 is 45.4. The van der Waals surface area contributed by atoms with Crippen LogP contribution < -0.4 is 10.1 Å². The lowest BCUT2D eigenvalue weighted by Gasteiger charge is -2.16. The number of nitrogens with one attached hydrogen (secondary N) is 1. The normalized spacial score (nSPS) is 11.1. The fourth-order valence-corrected chi connectivity index (χ4v) is 3.39. The molecule has 2 aromatic rings. The predicted molar refractivity (Wildman–Crippen MR) is 114 cm³/mol. The van der Waals surface area contributed by atoms with Crippen LogP contribution in [-0.4, -0.2) is 12.5 Å². The molecule has 0 radical (unpaired) electrons. The third-order valence-corrected chi connectivity index (χ3v) is 4.89. The van der Waals surface area contributed by atoms with Gasteiger partial charge in [0.25, 0.3) is 5.91 Å². The summed E-state index contributed by atoms with van der Waals surface area (Å²) in [5.41, 5.74) is -0.478. The van der Waals surface area contributed by atoms with Gasteiger partial charge < -0.3 is 10.1 Å². The molecule has 0 unspecified atom stereocenters. The van der Waals surface area contributed by atoms with Crippen LogP contribution in [0, 0.1) is 11.3 Å². The van der Waals surface area contributed by atoms with Crippen LogP contribution in [0.1, 0.15) is 73.0 Å². The highest BCUT2D eigenvalue weighted by molar-refractivity contribution is 6.07. The number of carbonyl (C=O) groups is 1. The molecule has 1 amide bonds. The molecule has 4 nitrogen and oxygen atoms in total. The molecule has 0 saturated heterocycles. The lowest BCUT2D eigenvalue weighted by molar-refractivity contribution is -0.137. The molecule has 0 aromatic heterocycles. The number of amides is 1. The molecular formula is C24H27F3N2O2. The fourth-order valence-electron chi connectivity index (χ4n) is 3.39. The summed E-state index contributed by atoms with van der Waals surface area (Å²) in [4.78, 5) is 13.0. The minimum Gasteiger partial charge on any atom is -0.493 e. The van der Waals surface area contributed by atoms with Crippen molar-refractivity contribution in [3.8, 4) is 11.8 Å². The summed E-state index contributed by atoms with van der Waals surface area (Å²) in [6.07, 6.45) is 1.34. The molecule has 0 atom stereocenters. The van der Waals surface area contributed by atoms with Crippen molar-refractivity contribution in [2.75, 3.05) is 11.9 Å². The molecule has 0 aliphatic heterocycles. The monoisotopic (exact) mass is 432 g/mol. The van der Waals surface area contributed by atoms with E-state index in [0.717, 1.165) is 49.8 Å². The Morgan fingerprint density at radius 2 is 1.84 bits per heavy atom. The van der Waals surface area contributed by atoms with Gasteiger partial charge in [0.15, 0.2) is 0 Å². The number of nitriles is 1. The third-order valence-electron chi connectivity index (χ3n) is 4.89. The number of carbonyl (C=O) groups excluding carboxylic acids is 1. The highest BCUT2D eigenvalue weighted by Crippen LogP contribution is 2.34. The maximum absolute atomic E-state index is 13.2. The molecule has 0 heterocycles. The maximum atomic E-state index is 13.2. The molecule has 1 N–H and O–H groups in total. The van der Waals surface area contributed by atoms with Gasteiger partial charge in [0.2, 0.25) is 0 Å². The number of aryl methyl sites for hydroxylation is 1. The molecule has 2 rings (SSSR count). The Morgan fingerprint density at radius 3 is 2.48 bits per heavy atom. The first-order valence-corrected chi connectivity index (χ1v) is 10.5. The van der Waals surface area contributed by atoms with E-state index in [2.05, 4.69) is 12.2 Å². The van der Waals surface area contributed by atoms with Crippen LogP contribution in [0.15, 0.2) is 36.4 Å². The Bertz CT molecular complexity index is 933. The zero-order valence-electron chi connectivity index (χ0n) is 17.8. The first-order valence-electron chi connectivity index (χ1n) is 10.5. The SMILES string of the molecule is CCCCCCCc1cccc(OCC)c1C(=O)Nc1ccc(C#N)c(C(F)(F)F)c1. The van der Waals surface area contributed by atoms with Gasteiger partial charge >= 0.3 is 6.18 Å². The molecule has 0 aliphatic carbocycles. The van der Waals surface area contributed by atoms with E-state index in [-0.39, 0.29) is 5.69 Å². The first kappa shape index (κ1) is 24.3. The Kier molecular flexibility index (Phi) is 8.92. The second-order valence-electron chi connectivity index (χ2n) is 7.21. The van der Waals surface area contributed by atoms with Crippen LogP contribution >= 0.6 is 0 Å². The third kappa shape index (κ3) is 6.74. The minimum atomic E-state index is -4.70. The van der Waals surface area contributed by atoms with E-state index in [1.807, 2.05) is 12.1 Å². The second-order valence-corrected chi connectivity index (χ2v) is 7.21. The average molecular weight is 432 g/mol. The molecule has 2 aromatic carbocycles. The van der Waals surface area contributed by atoms with E-state index in [4.69, 9.17) is 10.00 Å². The Hall–Kier alpha value is -3.01. The van der Waals surface area contributed by atoms with Crippen LogP contribution in [0.4, 0.5) is 18.9 Å². The van der Waals surface area contributed by atoms with Crippen molar-refractivity contribution in [3.05, 3.63) is 58.7 Å². The van der Waals surface area contributed by atoms with Gasteiger partial charge in [-0.3, -0.25) is 4.79 Å². The molecule has 0 bridgehead atoms. The van der Waals surface area contributed by atoms with Crippen molar-refractivity contribution >= 4 is 11.6 Å². The lowest BCUT2D eigenvalue weighted by Crippen LogP contribution is -2.17. The average Bonchev–Trinajstić information content (AvgIpc) is 2.73. The summed E-state index contributed by atoms with van der Waals surface area (Å²) in [5, 5.41) is 11.5. The van der Waals surface area contributed by atoms with E-state index in [1.165, 1.54) is 12.1 Å². The molecule has 7 heteroatoms. The van der Waals surface area contributed by atoms with Crippen molar-refractivity contribution in [2.24, 2.45) is 0 Å². The number of alkyl halides is 3. The van der Waals surface area contributed by atoms with Gasteiger partial charge in [-0.15, -0.1) is 0 Å². The number of anilines is 1.